The quantitative estimate of drug-likeness (QED) is 0.268. The van der Waals surface area contributed by atoms with Crippen molar-refractivity contribution in [3.05, 3.63) is 58.7 Å². The van der Waals surface area contributed by atoms with E-state index < -0.39 is 17.7 Å². The molecule has 0 aliphatic carbocycles. The molecule has 0 radical (unpaired) electrons. The number of methoxy groups -OCH3 is 4. The van der Waals surface area contributed by atoms with Gasteiger partial charge in [0.1, 0.15) is 11.5 Å². The second kappa shape index (κ2) is 10.4. The number of ketones is 1. The smallest absolute Gasteiger partial charge is 0.295 e. The van der Waals surface area contributed by atoms with Crippen LogP contribution in [-0.2, 0) is 14.3 Å². The summed E-state index contributed by atoms with van der Waals surface area (Å²) in [6.07, 6.45) is 0.522. The molecular formula is C25H29NO7. The molecule has 1 heterocycles. The number of nitrogens with zero attached hydrogens (tertiary/aromatic N) is 1. The Morgan fingerprint density at radius 1 is 1.03 bits per heavy atom. The number of rotatable bonds is 9. The molecule has 33 heavy (non-hydrogen) atoms. The number of aliphatic hydroxyl groups excluding tert-OH is 1. The topological polar surface area (TPSA) is 94.5 Å². The molecule has 1 amide bonds. The van der Waals surface area contributed by atoms with Gasteiger partial charge in [0.05, 0.1) is 32.9 Å². The first-order chi connectivity index (χ1) is 15.9. The van der Waals surface area contributed by atoms with Gasteiger partial charge < -0.3 is 29.0 Å². The van der Waals surface area contributed by atoms with Gasteiger partial charge in [0.25, 0.3) is 11.7 Å². The van der Waals surface area contributed by atoms with Crippen molar-refractivity contribution in [2.24, 2.45) is 0 Å². The Balaban J connectivity index is 2.24. The number of likely N-dealkylation sites (tertiary alicyclic amines) is 1. The summed E-state index contributed by atoms with van der Waals surface area (Å²) < 4.78 is 21.4. The molecule has 1 aliphatic heterocycles. The van der Waals surface area contributed by atoms with Crippen LogP contribution in [-0.4, -0.2) is 63.3 Å². The zero-order valence-electron chi connectivity index (χ0n) is 19.5. The highest BCUT2D eigenvalue weighted by molar-refractivity contribution is 6.46. The van der Waals surface area contributed by atoms with Crippen molar-refractivity contribution in [1.29, 1.82) is 0 Å². The number of amides is 1. The summed E-state index contributed by atoms with van der Waals surface area (Å²) in [6.45, 7) is 2.48. The second-order valence-electron chi connectivity index (χ2n) is 7.60. The molecule has 0 spiro atoms. The lowest BCUT2D eigenvalue weighted by atomic mass is 9.93. The molecule has 8 nitrogen and oxygen atoms in total. The van der Waals surface area contributed by atoms with Crippen molar-refractivity contribution in [2.75, 3.05) is 41.6 Å². The lowest BCUT2D eigenvalue weighted by Gasteiger charge is -2.27. The van der Waals surface area contributed by atoms with Gasteiger partial charge in [-0.25, -0.2) is 0 Å². The van der Waals surface area contributed by atoms with Gasteiger partial charge in [0.15, 0.2) is 11.5 Å². The fourth-order valence-corrected chi connectivity index (χ4v) is 4.11. The maximum absolute atomic E-state index is 13.2. The van der Waals surface area contributed by atoms with Crippen LogP contribution in [0.4, 0.5) is 0 Å². The van der Waals surface area contributed by atoms with Crippen molar-refractivity contribution < 1.29 is 33.6 Å². The van der Waals surface area contributed by atoms with Gasteiger partial charge in [-0.3, -0.25) is 9.59 Å². The van der Waals surface area contributed by atoms with Gasteiger partial charge in [-0.2, -0.15) is 0 Å². The molecule has 1 unspecified atom stereocenters. The molecule has 3 rings (SSSR count). The van der Waals surface area contributed by atoms with Crippen molar-refractivity contribution in [3.8, 4) is 17.2 Å². The third kappa shape index (κ3) is 4.52. The van der Waals surface area contributed by atoms with E-state index in [1.165, 1.54) is 19.1 Å². The number of carbonyl (C=O) groups is 2. The molecule has 0 saturated carbocycles. The second-order valence-corrected chi connectivity index (χ2v) is 7.60. The highest BCUT2D eigenvalue weighted by Crippen LogP contribution is 2.45. The van der Waals surface area contributed by atoms with E-state index in [9.17, 15) is 14.7 Å². The third-order valence-corrected chi connectivity index (χ3v) is 5.70. The van der Waals surface area contributed by atoms with E-state index in [1.54, 1.807) is 57.5 Å². The normalized spacial score (nSPS) is 17.4. The summed E-state index contributed by atoms with van der Waals surface area (Å²) >= 11 is 0. The number of aliphatic hydroxyl groups is 1. The highest BCUT2D eigenvalue weighted by atomic mass is 16.5. The van der Waals surface area contributed by atoms with Gasteiger partial charge in [0.2, 0.25) is 0 Å². The predicted molar refractivity (Wildman–Crippen MR) is 123 cm³/mol. The standard InChI is InChI=1S/C25H29NO7/c1-15-14-16(31-3)10-11-17(15)22(27)20-21(18-8-6-9-19(32-4)24(18)33-5)26(12-7-13-30-2)25(29)23(20)28/h6,8-11,14,21,27H,7,12-13H2,1-5H3/b22-20-. The maximum atomic E-state index is 13.2. The molecule has 176 valence electrons. The number of aryl methyl sites for hydroxylation is 1. The summed E-state index contributed by atoms with van der Waals surface area (Å²) in [5.74, 6) is -0.226. The summed E-state index contributed by atoms with van der Waals surface area (Å²) in [6, 6.07) is 9.51. The van der Waals surface area contributed by atoms with Crippen molar-refractivity contribution >= 4 is 17.4 Å². The van der Waals surface area contributed by atoms with Crippen LogP contribution in [0.3, 0.4) is 0 Å². The molecule has 2 aromatic rings. The molecule has 1 fully saturated rings. The van der Waals surface area contributed by atoms with Gasteiger partial charge >= 0.3 is 0 Å². The highest BCUT2D eigenvalue weighted by Gasteiger charge is 2.47. The van der Waals surface area contributed by atoms with Crippen LogP contribution in [0.2, 0.25) is 0 Å². The zero-order valence-corrected chi connectivity index (χ0v) is 19.5. The first kappa shape index (κ1) is 24.1. The first-order valence-electron chi connectivity index (χ1n) is 10.5. The molecule has 1 aliphatic rings. The molecule has 8 heteroatoms. The van der Waals surface area contributed by atoms with Crippen LogP contribution in [0, 0.1) is 6.92 Å². The minimum atomic E-state index is -0.853. The van der Waals surface area contributed by atoms with Gasteiger partial charge in [0, 0.05) is 31.4 Å². The number of hydrogen-bond donors (Lipinski definition) is 1. The summed E-state index contributed by atoms with van der Waals surface area (Å²) in [5, 5.41) is 11.3. The van der Waals surface area contributed by atoms with Crippen LogP contribution >= 0.6 is 0 Å². The minimum Gasteiger partial charge on any atom is -0.507 e. The molecule has 1 saturated heterocycles. The number of Topliss-reactive ketones (excluding diaryl/α,β-unsaturated/α-hetero) is 1. The van der Waals surface area contributed by atoms with Crippen LogP contribution in [0.5, 0.6) is 17.2 Å². The van der Waals surface area contributed by atoms with Crippen LogP contribution in [0.1, 0.15) is 29.2 Å². The average Bonchev–Trinajstić information content (AvgIpc) is 3.07. The van der Waals surface area contributed by atoms with Gasteiger partial charge in [-0.1, -0.05) is 12.1 Å². The SMILES string of the molecule is COCCCN1C(=O)C(=O)/C(=C(\O)c2ccc(OC)cc2C)C1c1cccc(OC)c1OC. The lowest BCUT2D eigenvalue weighted by Crippen LogP contribution is -2.31. The van der Waals surface area contributed by atoms with E-state index >= 15 is 0 Å². The molecule has 2 aromatic carbocycles. The Labute approximate surface area is 193 Å². The Bertz CT molecular complexity index is 1080. The summed E-state index contributed by atoms with van der Waals surface area (Å²) in [4.78, 5) is 27.7. The number of benzene rings is 2. The maximum Gasteiger partial charge on any atom is 0.295 e. The molecule has 1 atom stereocenters. The Hall–Kier alpha value is -3.52. The van der Waals surface area contributed by atoms with Crippen LogP contribution < -0.4 is 14.2 Å². The van der Waals surface area contributed by atoms with Crippen molar-refractivity contribution in [1.82, 2.24) is 4.90 Å². The fraction of sp³-hybridized carbons (Fsp3) is 0.360. The van der Waals surface area contributed by atoms with Crippen molar-refractivity contribution in [2.45, 2.75) is 19.4 Å². The summed E-state index contributed by atoms with van der Waals surface area (Å²) in [7, 11) is 6.13. The van der Waals surface area contributed by atoms with Crippen LogP contribution in [0.25, 0.3) is 5.76 Å². The average molecular weight is 456 g/mol. The predicted octanol–water partition coefficient (Wildman–Crippen LogP) is 3.48. The number of para-hydroxylation sites is 1. The molecule has 0 bridgehead atoms. The summed E-state index contributed by atoms with van der Waals surface area (Å²) in [5.41, 5.74) is 1.68. The van der Waals surface area contributed by atoms with E-state index in [-0.39, 0.29) is 17.9 Å². The third-order valence-electron chi connectivity index (χ3n) is 5.70. The largest absolute Gasteiger partial charge is 0.507 e. The molecule has 1 N–H and O–H groups in total. The van der Waals surface area contributed by atoms with E-state index in [0.29, 0.717) is 47.0 Å². The van der Waals surface area contributed by atoms with E-state index in [1.807, 2.05) is 0 Å². The lowest BCUT2D eigenvalue weighted by molar-refractivity contribution is -0.140. The monoisotopic (exact) mass is 455 g/mol. The zero-order chi connectivity index (χ0) is 24.1. The molecule has 0 aromatic heterocycles. The van der Waals surface area contributed by atoms with Crippen molar-refractivity contribution in [3.63, 3.8) is 0 Å². The fourth-order valence-electron chi connectivity index (χ4n) is 4.11. The van der Waals surface area contributed by atoms with E-state index in [4.69, 9.17) is 18.9 Å². The van der Waals surface area contributed by atoms with E-state index in [2.05, 4.69) is 0 Å². The van der Waals surface area contributed by atoms with Gasteiger partial charge in [-0.05, 0) is 43.2 Å². The Morgan fingerprint density at radius 3 is 2.39 bits per heavy atom. The Kier molecular flexibility index (Phi) is 7.60. The first-order valence-corrected chi connectivity index (χ1v) is 10.5. The minimum absolute atomic E-state index is 0.00256. The number of ether oxygens (including phenoxy) is 4. The van der Waals surface area contributed by atoms with Crippen LogP contribution in [0.15, 0.2) is 42.0 Å². The van der Waals surface area contributed by atoms with E-state index in [0.717, 1.165) is 0 Å². The number of hydrogen-bond acceptors (Lipinski definition) is 7. The number of carbonyl (C=O) groups excluding carboxylic acids is 2. The van der Waals surface area contributed by atoms with Gasteiger partial charge in [-0.15, -0.1) is 0 Å². The Morgan fingerprint density at radius 2 is 1.79 bits per heavy atom. The molecular weight excluding hydrogens is 426 g/mol.